The monoisotopic (exact) mass is 212 g/mol. The van der Waals surface area contributed by atoms with Crippen molar-refractivity contribution in [1.82, 2.24) is 25.1 Å². The van der Waals surface area contributed by atoms with Gasteiger partial charge < -0.3 is 10.3 Å². The van der Waals surface area contributed by atoms with E-state index in [1.165, 1.54) is 22.8 Å². The Morgan fingerprint density at radius 1 is 1.50 bits per heavy atom. The number of rotatable bonds is 3. The van der Waals surface area contributed by atoms with Crippen LogP contribution in [0.1, 0.15) is 11.8 Å². The summed E-state index contributed by atoms with van der Waals surface area (Å²) in [4.78, 5) is 0. The molecule has 0 aliphatic heterocycles. The van der Waals surface area contributed by atoms with Crippen molar-refractivity contribution in [1.29, 1.82) is 0 Å². The molecular weight excluding hydrogens is 204 g/mol. The first kappa shape index (κ1) is 9.00. The van der Waals surface area contributed by atoms with Gasteiger partial charge in [-0.3, -0.25) is 0 Å². The summed E-state index contributed by atoms with van der Waals surface area (Å²) >= 11 is 1.39. The Morgan fingerprint density at radius 3 is 2.93 bits per heavy atom. The number of thioether (sulfide) groups is 1. The van der Waals surface area contributed by atoms with Crippen LogP contribution in [-0.2, 0) is 5.75 Å². The molecule has 0 unspecified atom stereocenters. The van der Waals surface area contributed by atoms with Crippen molar-refractivity contribution < 1.29 is 4.42 Å². The molecule has 14 heavy (non-hydrogen) atoms. The lowest BCUT2D eigenvalue weighted by Gasteiger charge is -1.95. The van der Waals surface area contributed by atoms with Gasteiger partial charge in [0.2, 0.25) is 16.9 Å². The fourth-order valence-corrected chi connectivity index (χ4v) is 1.53. The molecule has 0 atom stereocenters. The minimum Gasteiger partial charge on any atom is -0.425 e. The summed E-state index contributed by atoms with van der Waals surface area (Å²) in [5.41, 5.74) is 0. The third-order valence-electron chi connectivity index (χ3n) is 1.43. The van der Waals surface area contributed by atoms with E-state index < -0.39 is 0 Å². The zero-order chi connectivity index (χ0) is 9.97. The molecule has 74 valence electrons. The Hall–Kier alpha value is -1.57. The number of aromatic nitrogens is 5. The number of hydrogen-bond donors (Lipinski definition) is 1. The van der Waals surface area contributed by atoms with E-state index in [-0.39, 0.29) is 0 Å². The molecule has 2 aromatic rings. The lowest BCUT2D eigenvalue weighted by Crippen LogP contribution is -2.07. The van der Waals surface area contributed by atoms with E-state index in [2.05, 4.69) is 20.4 Å². The van der Waals surface area contributed by atoms with Crippen molar-refractivity contribution in [3.8, 4) is 0 Å². The first-order valence-corrected chi connectivity index (χ1v) is 4.81. The lowest BCUT2D eigenvalue weighted by molar-refractivity contribution is 0.485. The minimum atomic E-state index is 0.538. The van der Waals surface area contributed by atoms with E-state index in [0.29, 0.717) is 22.7 Å². The molecule has 0 spiro atoms. The van der Waals surface area contributed by atoms with Crippen LogP contribution in [0.25, 0.3) is 0 Å². The number of nitrogens with two attached hydrogens (primary N) is 1. The maximum Gasteiger partial charge on any atom is 0.226 e. The van der Waals surface area contributed by atoms with E-state index in [1.807, 2.05) is 0 Å². The Balaban J connectivity index is 1.98. The summed E-state index contributed by atoms with van der Waals surface area (Å²) < 4.78 is 6.52. The Bertz CT molecular complexity index is 423. The molecule has 7 nitrogen and oxygen atoms in total. The fourth-order valence-electron chi connectivity index (χ4n) is 0.857. The highest BCUT2D eigenvalue weighted by molar-refractivity contribution is 7.98. The van der Waals surface area contributed by atoms with Crippen LogP contribution in [0.2, 0.25) is 0 Å². The van der Waals surface area contributed by atoms with Gasteiger partial charge in [-0.2, -0.15) is 0 Å². The molecule has 0 amide bonds. The molecule has 0 saturated carbocycles. The molecule has 2 heterocycles. The third-order valence-corrected chi connectivity index (χ3v) is 2.37. The lowest BCUT2D eigenvalue weighted by atomic mass is 10.8. The van der Waals surface area contributed by atoms with Gasteiger partial charge >= 0.3 is 0 Å². The summed E-state index contributed by atoms with van der Waals surface area (Å²) in [7, 11) is 0. The molecule has 0 fully saturated rings. The average Bonchev–Trinajstić information content (AvgIpc) is 2.72. The highest BCUT2D eigenvalue weighted by Crippen LogP contribution is 2.17. The number of nitrogen functional groups attached to an aromatic ring is 1. The van der Waals surface area contributed by atoms with Crippen molar-refractivity contribution >= 4 is 11.8 Å². The van der Waals surface area contributed by atoms with E-state index in [4.69, 9.17) is 10.3 Å². The minimum absolute atomic E-state index is 0.538. The maximum absolute atomic E-state index is 5.51. The topological polar surface area (TPSA) is 95.7 Å². The predicted molar refractivity (Wildman–Crippen MR) is 48.8 cm³/mol. The predicted octanol–water partition coefficient (Wildman–Crippen LogP) is -0.0244. The second-order valence-electron chi connectivity index (χ2n) is 2.52. The van der Waals surface area contributed by atoms with Crippen LogP contribution in [0, 0.1) is 6.92 Å². The largest absolute Gasteiger partial charge is 0.425 e. The van der Waals surface area contributed by atoms with Gasteiger partial charge in [0.25, 0.3) is 0 Å². The van der Waals surface area contributed by atoms with Crippen LogP contribution >= 0.6 is 11.8 Å². The quantitative estimate of drug-likeness (QED) is 0.564. The zero-order valence-corrected chi connectivity index (χ0v) is 8.23. The third kappa shape index (κ3) is 1.84. The van der Waals surface area contributed by atoms with Crippen LogP contribution < -0.4 is 5.84 Å². The summed E-state index contributed by atoms with van der Waals surface area (Å²) in [6.45, 7) is 1.74. The second-order valence-corrected chi connectivity index (χ2v) is 3.47. The zero-order valence-electron chi connectivity index (χ0n) is 7.41. The van der Waals surface area contributed by atoms with Crippen molar-refractivity contribution in [3.63, 3.8) is 0 Å². The highest BCUT2D eigenvalue weighted by atomic mass is 32.2. The summed E-state index contributed by atoms with van der Waals surface area (Å²) in [6, 6.07) is 0. The van der Waals surface area contributed by atoms with E-state index in [0.717, 1.165) is 0 Å². The van der Waals surface area contributed by atoms with Gasteiger partial charge in [0.1, 0.15) is 6.33 Å². The van der Waals surface area contributed by atoms with Crippen molar-refractivity contribution in [2.45, 2.75) is 17.8 Å². The molecule has 2 N–H and O–H groups in total. The molecule has 8 heteroatoms. The molecule has 0 bridgehead atoms. The first-order valence-electron chi connectivity index (χ1n) is 3.82. The van der Waals surface area contributed by atoms with Crippen molar-refractivity contribution in [2.75, 3.05) is 5.84 Å². The molecule has 0 aromatic carbocycles. The summed E-state index contributed by atoms with van der Waals surface area (Å²) in [6.07, 6.45) is 1.43. The van der Waals surface area contributed by atoms with Gasteiger partial charge in [-0.25, -0.2) is 4.68 Å². The molecule has 2 rings (SSSR count). The highest BCUT2D eigenvalue weighted by Gasteiger charge is 2.06. The van der Waals surface area contributed by atoms with Crippen molar-refractivity contribution in [3.05, 3.63) is 18.1 Å². The molecule has 0 aliphatic carbocycles. The normalized spacial score (nSPS) is 10.6. The number of hydrogen-bond acceptors (Lipinski definition) is 7. The molecule has 2 aromatic heterocycles. The van der Waals surface area contributed by atoms with Crippen LogP contribution in [0.3, 0.4) is 0 Å². The van der Waals surface area contributed by atoms with Crippen LogP contribution in [-0.4, -0.2) is 25.1 Å². The van der Waals surface area contributed by atoms with Gasteiger partial charge in [-0.1, -0.05) is 11.8 Å². The molecular formula is C6H8N6OS. The van der Waals surface area contributed by atoms with Gasteiger partial charge in [-0.05, 0) is 0 Å². The van der Waals surface area contributed by atoms with E-state index in [1.54, 1.807) is 6.92 Å². The van der Waals surface area contributed by atoms with Gasteiger partial charge in [0, 0.05) is 6.92 Å². The molecule has 0 saturated heterocycles. The fraction of sp³-hybridized carbons (Fsp3) is 0.333. The van der Waals surface area contributed by atoms with Crippen LogP contribution in [0.4, 0.5) is 0 Å². The van der Waals surface area contributed by atoms with Crippen molar-refractivity contribution in [2.24, 2.45) is 0 Å². The SMILES string of the molecule is Cc1nnc(CSc2nncn2N)o1. The maximum atomic E-state index is 5.51. The van der Waals surface area contributed by atoms with E-state index >= 15 is 0 Å². The number of aryl methyl sites for hydroxylation is 1. The van der Waals surface area contributed by atoms with Crippen LogP contribution in [0.5, 0.6) is 0 Å². The number of nitrogens with zero attached hydrogens (tertiary/aromatic N) is 5. The molecule has 0 radical (unpaired) electrons. The standard InChI is InChI=1S/C6H8N6OS/c1-4-9-10-5(13-4)2-14-6-11-8-3-12(6)7/h3H,2,7H2,1H3. The van der Waals surface area contributed by atoms with Gasteiger partial charge in [-0.15, -0.1) is 20.4 Å². The summed E-state index contributed by atoms with van der Waals surface area (Å²) in [5.74, 6) is 7.15. The molecule has 0 aliphatic rings. The average molecular weight is 212 g/mol. The van der Waals surface area contributed by atoms with E-state index in [9.17, 15) is 0 Å². The Labute approximate surface area is 83.7 Å². The van der Waals surface area contributed by atoms with Crippen LogP contribution in [0.15, 0.2) is 15.9 Å². The first-order chi connectivity index (χ1) is 6.75. The Morgan fingerprint density at radius 2 is 2.36 bits per heavy atom. The van der Waals surface area contributed by atoms with Gasteiger partial charge in [0.15, 0.2) is 0 Å². The summed E-state index contributed by atoms with van der Waals surface area (Å²) in [5, 5.41) is 15.6. The smallest absolute Gasteiger partial charge is 0.226 e. The second kappa shape index (κ2) is 3.66. The van der Waals surface area contributed by atoms with Gasteiger partial charge in [0.05, 0.1) is 5.75 Å². The Kier molecular flexibility index (Phi) is 2.35.